The Labute approximate surface area is 187 Å². The molecule has 4 rings (SSSR count). The molecule has 4 aliphatic rings. The van der Waals surface area contributed by atoms with Crippen molar-refractivity contribution in [3.05, 3.63) is 12.2 Å². The molecule has 5 heteroatoms. The standard InChI is InChI=1S/C26H41NO4/c1-16-9-8-11-19(27(16)25(29)31-26(3,4)5)13-14-21-20-12-7-6-10-18(20)15-22-23(21)17(2)30-24(22)28/h13-14,16-23H,6-12,15H2,1-5H3/t16?,17-,18+,19?,20+,21+,22-,23+/m1/s1. The van der Waals surface area contributed by atoms with Crippen LogP contribution in [0.1, 0.15) is 86.0 Å². The van der Waals surface area contributed by atoms with E-state index in [4.69, 9.17) is 9.47 Å². The average Bonchev–Trinajstić information content (AvgIpc) is 2.97. The smallest absolute Gasteiger partial charge is 0.411 e. The third-order valence-corrected chi connectivity index (χ3v) is 8.19. The zero-order chi connectivity index (χ0) is 22.3. The van der Waals surface area contributed by atoms with Gasteiger partial charge in [-0.05, 0) is 84.5 Å². The van der Waals surface area contributed by atoms with Gasteiger partial charge in [0.05, 0.1) is 12.0 Å². The highest BCUT2D eigenvalue weighted by molar-refractivity contribution is 5.75. The van der Waals surface area contributed by atoms with Gasteiger partial charge in [0.2, 0.25) is 0 Å². The molecular formula is C26H41NO4. The first kappa shape index (κ1) is 22.7. The number of rotatable bonds is 2. The van der Waals surface area contributed by atoms with E-state index in [0.717, 1.165) is 25.7 Å². The number of cyclic esters (lactones) is 1. The lowest BCUT2D eigenvalue weighted by molar-refractivity contribution is -0.144. The van der Waals surface area contributed by atoms with E-state index in [-0.39, 0.29) is 42.1 Å². The zero-order valence-electron chi connectivity index (χ0n) is 20.0. The molecule has 31 heavy (non-hydrogen) atoms. The van der Waals surface area contributed by atoms with Crippen LogP contribution in [0.15, 0.2) is 12.2 Å². The van der Waals surface area contributed by atoms with Gasteiger partial charge < -0.3 is 9.47 Å². The van der Waals surface area contributed by atoms with Gasteiger partial charge in [0, 0.05) is 12.0 Å². The number of carbonyl (C=O) groups is 2. The Kier molecular flexibility index (Phi) is 6.42. The topological polar surface area (TPSA) is 55.8 Å². The van der Waals surface area contributed by atoms with Crippen LogP contribution in [-0.4, -0.2) is 40.8 Å². The number of hydrogen-bond donors (Lipinski definition) is 0. The monoisotopic (exact) mass is 431 g/mol. The van der Waals surface area contributed by atoms with E-state index < -0.39 is 5.60 Å². The maximum absolute atomic E-state index is 13.0. The summed E-state index contributed by atoms with van der Waals surface area (Å²) in [6.45, 7) is 9.97. The first-order chi connectivity index (χ1) is 14.7. The molecule has 0 radical (unpaired) electrons. The van der Waals surface area contributed by atoms with Crippen LogP contribution in [0.5, 0.6) is 0 Å². The lowest BCUT2D eigenvalue weighted by Crippen LogP contribution is -2.50. The van der Waals surface area contributed by atoms with Crippen LogP contribution in [0.25, 0.3) is 0 Å². The molecule has 2 aliphatic carbocycles. The molecule has 174 valence electrons. The van der Waals surface area contributed by atoms with E-state index in [1.165, 1.54) is 25.7 Å². The minimum absolute atomic E-state index is 0.0118. The Morgan fingerprint density at radius 1 is 1.06 bits per heavy atom. The molecule has 0 aromatic carbocycles. The molecule has 2 saturated carbocycles. The number of fused-ring (bicyclic) bond motifs is 2. The highest BCUT2D eigenvalue weighted by atomic mass is 16.6. The second kappa shape index (κ2) is 8.78. The highest BCUT2D eigenvalue weighted by Crippen LogP contribution is 2.53. The second-order valence-corrected chi connectivity index (χ2v) is 11.5. The van der Waals surface area contributed by atoms with Crippen molar-refractivity contribution >= 4 is 12.1 Å². The van der Waals surface area contributed by atoms with Crippen molar-refractivity contribution in [2.45, 2.75) is 110 Å². The molecule has 2 unspecified atom stereocenters. The number of nitrogens with zero attached hydrogens (tertiary/aromatic N) is 1. The van der Waals surface area contributed by atoms with Crippen molar-refractivity contribution in [2.24, 2.45) is 29.6 Å². The molecule has 0 bridgehead atoms. The maximum Gasteiger partial charge on any atom is 0.411 e. The van der Waals surface area contributed by atoms with Crippen molar-refractivity contribution in [1.82, 2.24) is 4.90 Å². The first-order valence-electron chi connectivity index (χ1n) is 12.6. The second-order valence-electron chi connectivity index (χ2n) is 11.5. The molecule has 0 aromatic rings. The maximum atomic E-state index is 13.0. The third kappa shape index (κ3) is 4.66. The Balaban J connectivity index is 1.57. The number of amides is 1. The van der Waals surface area contributed by atoms with Crippen molar-refractivity contribution in [3.63, 3.8) is 0 Å². The van der Waals surface area contributed by atoms with Crippen LogP contribution in [0.4, 0.5) is 4.79 Å². The van der Waals surface area contributed by atoms with Gasteiger partial charge in [-0.25, -0.2) is 4.79 Å². The normalized spacial score (nSPS) is 40.9. The van der Waals surface area contributed by atoms with Gasteiger partial charge in [-0.3, -0.25) is 9.69 Å². The van der Waals surface area contributed by atoms with E-state index in [0.29, 0.717) is 17.8 Å². The minimum atomic E-state index is -0.495. The molecule has 2 heterocycles. The third-order valence-electron chi connectivity index (χ3n) is 8.19. The van der Waals surface area contributed by atoms with Crippen LogP contribution < -0.4 is 0 Å². The predicted molar refractivity (Wildman–Crippen MR) is 120 cm³/mol. The van der Waals surface area contributed by atoms with Crippen molar-refractivity contribution < 1.29 is 19.1 Å². The van der Waals surface area contributed by atoms with Crippen molar-refractivity contribution in [1.29, 1.82) is 0 Å². The Hall–Kier alpha value is -1.52. The largest absolute Gasteiger partial charge is 0.462 e. The molecule has 2 aliphatic heterocycles. The fraction of sp³-hybridized carbons (Fsp3) is 0.846. The quantitative estimate of drug-likeness (QED) is 0.414. The number of hydrogen-bond acceptors (Lipinski definition) is 4. The summed E-state index contributed by atoms with van der Waals surface area (Å²) in [5, 5.41) is 0. The van der Waals surface area contributed by atoms with Crippen molar-refractivity contribution in [3.8, 4) is 0 Å². The molecule has 0 N–H and O–H groups in total. The van der Waals surface area contributed by atoms with Gasteiger partial charge in [-0.15, -0.1) is 0 Å². The SMILES string of the molecule is CC1CCCC(C=C[C@H]2[C@H]3CCCC[C@H]3C[C@H]3C(=O)O[C@H](C)[C@@H]23)N1C(=O)OC(C)(C)C. The summed E-state index contributed by atoms with van der Waals surface area (Å²) in [7, 11) is 0. The van der Waals surface area contributed by atoms with Crippen LogP contribution in [-0.2, 0) is 14.3 Å². The van der Waals surface area contributed by atoms with Crippen LogP contribution in [0.2, 0.25) is 0 Å². The van der Waals surface area contributed by atoms with Gasteiger partial charge in [-0.2, -0.15) is 0 Å². The fourth-order valence-electron chi connectivity index (χ4n) is 6.89. The number of likely N-dealkylation sites (tertiary alicyclic amines) is 1. The van der Waals surface area contributed by atoms with E-state index in [1.54, 1.807) is 0 Å². The van der Waals surface area contributed by atoms with E-state index in [9.17, 15) is 9.59 Å². The van der Waals surface area contributed by atoms with Crippen molar-refractivity contribution in [2.75, 3.05) is 0 Å². The molecule has 2 saturated heterocycles. The average molecular weight is 432 g/mol. The van der Waals surface area contributed by atoms with Crippen LogP contribution in [0, 0.1) is 29.6 Å². The summed E-state index contributed by atoms with van der Waals surface area (Å²) in [5.74, 6) is 1.98. The molecule has 8 atom stereocenters. The molecule has 1 amide bonds. The number of esters is 1. The number of ether oxygens (including phenoxy) is 2. The molecular weight excluding hydrogens is 390 g/mol. The van der Waals surface area contributed by atoms with E-state index in [2.05, 4.69) is 26.0 Å². The van der Waals surface area contributed by atoms with Gasteiger partial charge in [-0.1, -0.05) is 31.4 Å². The first-order valence-corrected chi connectivity index (χ1v) is 12.6. The van der Waals surface area contributed by atoms with E-state index >= 15 is 0 Å². The lowest BCUT2D eigenvalue weighted by Gasteiger charge is -2.46. The zero-order valence-corrected chi connectivity index (χ0v) is 20.0. The summed E-state index contributed by atoms with van der Waals surface area (Å²) < 4.78 is 11.5. The minimum Gasteiger partial charge on any atom is -0.462 e. The van der Waals surface area contributed by atoms with Gasteiger partial charge in [0.15, 0.2) is 0 Å². The highest BCUT2D eigenvalue weighted by Gasteiger charge is 2.53. The van der Waals surface area contributed by atoms with E-state index in [1.807, 2.05) is 25.7 Å². The predicted octanol–water partition coefficient (Wildman–Crippen LogP) is 5.72. The summed E-state index contributed by atoms with van der Waals surface area (Å²) in [6.07, 6.45) is 13.6. The molecule has 0 aromatic heterocycles. The molecule has 5 nitrogen and oxygen atoms in total. The van der Waals surface area contributed by atoms with Gasteiger partial charge >= 0.3 is 12.1 Å². The number of carbonyl (C=O) groups excluding carboxylic acids is 2. The fourth-order valence-corrected chi connectivity index (χ4v) is 6.89. The van der Waals surface area contributed by atoms with Gasteiger partial charge in [0.1, 0.15) is 11.7 Å². The van der Waals surface area contributed by atoms with Crippen LogP contribution in [0.3, 0.4) is 0 Å². The molecule has 4 fully saturated rings. The number of piperidine rings is 1. The Morgan fingerprint density at radius 3 is 2.55 bits per heavy atom. The lowest BCUT2D eigenvalue weighted by atomic mass is 9.57. The Bertz CT molecular complexity index is 711. The summed E-state index contributed by atoms with van der Waals surface area (Å²) >= 11 is 0. The Morgan fingerprint density at radius 2 is 1.81 bits per heavy atom. The summed E-state index contributed by atoms with van der Waals surface area (Å²) in [4.78, 5) is 27.5. The van der Waals surface area contributed by atoms with Crippen LogP contribution >= 0.6 is 0 Å². The molecule has 0 spiro atoms. The summed E-state index contributed by atoms with van der Waals surface area (Å²) in [5.41, 5.74) is -0.495. The number of allylic oxidation sites excluding steroid dienone is 1. The van der Waals surface area contributed by atoms with Gasteiger partial charge in [0.25, 0.3) is 0 Å². The summed E-state index contributed by atoms with van der Waals surface area (Å²) in [6, 6.07) is 0.240.